The average molecular weight is 348 g/mol. The molecule has 5 heteroatoms. The summed E-state index contributed by atoms with van der Waals surface area (Å²) in [5.74, 6) is 0.790. The van der Waals surface area contributed by atoms with Crippen LogP contribution in [-0.2, 0) is 4.74 Å². The van der Waals surface area contributed by atoms with E-state index in [1.54, 1.807) is 19.1 Å². The van der Waals surface area contributed by atoms with Crippen molar-refractivity contribution in [2.24, 2.45) is 0 Å². The number of anilines is 1. The maximum Gasteiger partial charge on any atom is 0.338 e. The number of carbonyl (C=O) groups is 1. The molecule has 2 rings (SSSR count). The number of halogens is 1. The number of hydrogen-bond acceptors (Lipinski definition) is 4. The Kier molecular flexibility index (Phi) is 6.94. The van der Waals surface area contributed by atoms with Crippen molar-refractivity contribution in [2.45, 2.75) is 26.7 Å². The highest BCUT2D eigenvalue weighted by molar-refractivity contribution is 6.33. The number of carbonyl (C=O) groups excluding carboxylic acids is 1. The summed E-state index contributed by atoms with van der Waals surface area (Å²) in [6.45, 7) is 4.97. The number of hydrogen-bond donors (Lipinski definition) is 1. The molecule has 128 valence electrons. The topological polar surface area (TPSA) is 47.6 Å². The summed E-state index contributed by atoms with van der Waals surface area (Å²) >= 11 is 6.37. The zero-order valence-electron chi connectivity index (χ0n) is 14.0. The first-order valence-corrected chi connectivity index (χ1v) is 8.51. The van der Waals surface area contributed by atoms with Gasteiger partial charge < -0.3 is 14.8 Å². The van der Waals surface area contributed by atoms with E-state index in [0.29, 0.717) is 34.4 Å². The summed E-state index contributed by atoms with van der Waals surface area (Å²) in [6.07, 6.45) is 2.07. The summed E-state index contributed by atoms with van der Waals surface area (Å²) in [5, 5.41) is 3.66. The van der Waals surface area contributed by atoms with Crippen LogP contribution in [0.25, 0.3) is 0 Å². The summed E-state index contributed by atoms with van der Waals surface area (Å²) in [5.41, 5.74) is 1.09. The first kappa shape index (κ1) is 18.1. The van der Waals surface area contributed by atoms with Gasteiger partial charge in [-0.2, -0.15) is 0 Å². The summed E-state index contributed by atoms with van der Waals surface area (Å²) in [7, 11) is 0. The maximum absolute atomic E-state index is 12.0. The summed E-state index contributed by atoms with van der Waals surface area (Å²) < 4.78 is 11.0. The van der Waals surface area contributed by atoms with Gasteiger partial charge in [0.25, 0.3) is 0 Å². The van der Waals surface area contributed by atoms with Crippen LogP contribution in [0.2, 0.25) is 5.02 Å². The molecule has 0 saturated heterocycles. The van der Waals surface area contributed by atoms with Crippen molar-refractivity contribution in [1.82, 2.24) is 0 Å². The Labute approximate surface area is 147 Å². The van der Waals surface area contributed by atoms with Crippen LogP contribution in [0.5, 0.6) is 11.5 Å². The van der Waals surface area contributed by atoms with E-state index in [-0.39, 0.29) is 0 Å². The Morgan fingerprint density at radius 2 is 1.92 bits per heavy atom. The fourth-order valence-electron chi connectivity index (χ4n) is 2.17. The number of para-hydroxylation sites is 1. The number of rotatable bonds is 8. The van der Waals surface area contributed by atoms with Gasteiger partial charge in [0.15, 0.2) is 5.75 Å². The van der Waals surface area contributed by atoms with Crippen molar-refractivity contribution in [2.75, 3.05) is 18.5 Å². The molecular formula is C19H22ClNO3. The third-order valence-electron chi connectivity index (χ3n) is 3.36. The molecule has 0 aliphatic rings. The molecule has 0 unspecified atom stereocenters. The van der Waals surface area contributed by atoms with E-state index >= 15 is 0 Å². The van der Waals surface area contributed by atoms with Gasteiger partial charge in [0.05, 0.1) is 22.9 Å². The number of nitrogens with one attached hydrogen (secondary N) is 1. The number of unbranched alkanes of at least 4 members (excludes halogenated alkanes) is 1. The quantitative estimate of drug-likeness (QED) is 0.504. The smallest absolute Gasteiger partial charge is 0.338 e. The third-order valence-corrected chi connectivity index (χ3v) is 3.64. The molecule has 1 N–H and O–H groups in total. The van der Waals surface area contributed by atoms with Crippen molar-refractivity contribution in [3.05, 3.63) is 53.1 Å². The highest BCUT2D eigenvalue weighted by atomic mass is 35.5. The minimum atomic E-state index is -0.399. The Balaban J connectivity index is 2.33. The standard InChI is InChI=1S/C19H22ClNO3/c1-3-5-11-21-17-13-14(19(22)23-4-2)12-16(20)18(17)24-15-9-7-6-8-10-15/h6-10,12-13,21H,3-5,11H2,1-2H3. The lowest BCUT2D eigenvalue weighted by Crippen LogP contribution is -2.08. The fraction of sp³-hybridized carbons (Fsp3) is 0.316. The molecule has 0 amide bonds. The molecule has 0 saturated carbocycles. The Morgan fingerprint density at radius 3 is 2.58 bits per heavy atom. The maximum atomic E-state index is 12.0. The van der Waals surface area contributed by atoms with Gasteiger partial charge >= 0.3 is 5.97 Å². The van der Waals surface area contributed by atoms with Gasteiger partial charge in [-0.05, 0) is 37.6 Å². The second-order valence-electron chi connectivity index (χ2n) is 5.25. The largest absolute Gasteiger partial charge is 0.462 e. The van der Waals surface area contributed by atoms with Crippen LogP contribution in [0, 0.1) is 0 Å². The molecule has 0 aliphatic carbocycles. The van der Waals surface area contributed by atoms with Gasteiger partial charge in [-0.15, -0.1) is 0 Å². The molecule has 0 aliphatic heterocycles. The van der Waals surface area contributed by atoms with Gasteiger partial charge in [-0.3, -0.25) is 0 Å². The zero-order chi connectivity index (χ0) is 17.4. The molecule has 24 heavy (non-hydrogen) atoms. The lowest BCUT2D eigenvalue weighted by atomic mass is 10.1. The predicted molar refractivity (Wildman–Crippen MR) is 97.3 cm³/mol. The molecular weight excluding hydrogens is 326 g/mol. The van der Waals surface area contributed by atoms with E-state index in [9.17, 15) is 4.79 Å². The van der Waals surface area contributed by atoms with Crippen LogP contribution in [0.15, 0.2) is 42.5 Å². The molecule has 0 bridgehead atoms. The van der Waals surface area contributed by atoms with Crippen LogP contribution in [0.1, 0.15) is 37.0 Å². The van der Waals surface area contributed by atoms with E-state index < -0.39 is 5.97 Å². The van der Waals surface area contributed by atoms with E-state index in [0.717, 1.165) is 19.4 Å². The monoisotopic (exact) mass is 347 g/mol. The van der Waals surface area contributed by atoms with E-state index in [1.165, 1.54) is 0 Å². The molecule has 2 aromatic carbocycles. The van der Waals surface area contributed by atoms with E-state index in [1.807, 2.05) is 30.3 Å². The summed E-state index contributed by atoms with van der Waals surface area (Å²) in [4.78, 5) is 12.0. The molecule has 0 atom stereocenters. The average Bonchev–Trinajstić information content (AvgIpc) is 2.58. The fourth-order valence-corrected chi connectivity index (χ4v) is 2.42. The molecule has 0 heterocycles. The van der Waals surface area contributed by atoms with Crippen LogP contribution in [-0.4, -0.2) is 19.1 Å². The molecule has 0 radical (unpaired) electrons. The second kappa shape index (κ2) is 9.18. The van der Waals surface area contributed by atoms with Gasteiger partial charge in [0.2, 0.25) is 0 Å². The van der Waals surface area contributed by atoms with E-state index in [4.69, 9.17) is 21.1 Å². The number of ether oxygens (including phenoxy) is 2. The summed E-state index contributed by atoms with van der Waals surface area (Å²) in [6, 6.07) is 12.7. The van der Waals surface area contributed by atoms with Crippen molar-refractivity contribution >= 4 is 23.3 Å². The van der Waals surface area contributed by atoms with Crippen molar-refractivity contribution < 1.29 is 14.3 Å². The highest BCUT2D eigenvalue weighted by Gasteiger charge is 2.16. The number of esters is 1. The minimum absolute atomic E-state index is 0.317. The molecule has 0 spiro atoms. The first-order valence-electron chi connectivity index (χ1n) is 8.13. The predicted octanol–water partition coefficient (Wildman–Crippen LogP) is 5.52. The van der Waals surface area contributed by atoms with Crippen molar-refractivity contribution in [1.29, 1.82) is 0 Å². The molecule has 0 fully saturated rings. The lowest BCUT2D eigenvalue weighted by molar-refractivity contribution is 0.0526. The van der Waals surface area contributed by atoms with Crippen molar-refractivity contribution in [3.8, 4) is 11.5 Å². The normalized spacial score (nSPS) is 10.3. The third kappa shape index (κ3) is 4.90. The van der Waals surface area contributed by atoms with Gasteiger partial charge in [0, 0.05) is 6.54 Å². The first-order chi connectivity index (χ1) is 11.7. The van der Waals surface area contributed by atoms with Crippen LogP contribution in [0.3, 0.4) is 0 Å². The lowest BCUT2D eigenvalue weighted by Gasteiger charge is -2.16. The second-order valence-corrected chi connectivity index (χ2v) is 5.66. The SMILES string of the molecule is CCCCNc1cc(C(=O)OCC)cc(Cl)c1Oc1ccccc1. The van der Waals surface area contributed by atoms with Crippen molar-refractivity contribution in [3.63, 3.8) is 0 Å². The van der Waals surface area contributed by atoms with Crippen LogP contribution in [0.4, 0.5) is 5.69 Å². The van der Waals surface area contributed by atoms with Crippen LogP contribution < -0.4 is 10.1 Å². The zero-order valence-corrected chi connectivity index (χ0v) is 14.7. The Morgan fingerprint density at radius 1 is 1.17 bits per heavy atom. The molecule has 0 aromatic heterocycles. The highest BCUT2D eigenvalue weighted by Crippen LogP contribution is 2.38. The minimum Gasteiger partial charge on any atom is -0.462 e. The van der Waals surface area contributed by atoms with Crippen LogP contribution >= 0.6 is 11.6 Å². The molecule has 2 aromatic rings. The van der Waals surface area contributed by atoms with Gasteiger partial charge in [0.1, 0.15) is 5.75 Å². The Bertz CT molecular complexity index is 674. The number of benzene rings is 2. The van der Waals surface area contributed by atoms with Gasteiger partial charge in [-0.1, -0.05) is 43.1 Å². The van der Waals surface area contributed by atoms with Gasteiger partial charge in [-0.25, -0.2) is 4.79 Å². The molecule has 4 nitrogen and oxygen atoms in total. The van der Waals surface area contributed by atoms with E-state index in [2.05, 4.69) is 12.2 Å². The Hall–Kier alpha value is -2.20.